The maximum Gasteiger partial charge on any atom is 0.246 e. The van der Waals surface area contributed by atoms with Crippen LogP contribution in [0.3, 0.4) is 0 Å². The first-order chi connectivity index (χ1) is 9.54. The van der Waals surface area contributed by atoms with Gasteiger partial charge in [-0.2, -0.15) is 0 Å². The number of rotatable bonds is 4. The third-order valence-corrected chi connectivity index (χ3v) is 2.59. The van der Waals surface area contributed by atoms with Crippen molar-refractivity contribution >= 4 is 23.2 Å². The second-order valence-corrected chi connectivity index (χ2v) is 4.34. The maximum atomic E-state index is 11.8. The lowest BCUT2D eigenvalue weighted by atomic mass is 10.2. The third-order valence-electron chi connectivity index (χ3n) is 2.59. The lowest BCUT2D eigenvalue weighted by molar-refractivity contribution is -0.117. The summed E-state index contributed by atoms with van der Waals surface area (Å²) in [5.74, 6) is -0.325. The molecule has 2 N–H and O–H groups in total. The van der Waals surface area contributed by atoms with Gasteiger partial charge in [0.2, 0.25) is 11.8 Å². The predicted octanol–water partition coefficient (Wildman–Crippen LogP) is 1.18. The molecule has 104 valence electrons. The fourth-order valence-electron chi connectivity index (χ4n) is 1.64. The Labute approximate surface area is 116 Å². The van der Waals surface area contributed by atoms with Crippen LogP contribution in [0.15, 0.2) is 30.5 Å². The molecule has 2 rings (SSSR count). The van der Waals surface area contributed by atoms with Crippen molar-refractivity contribution in [3.8, 4) is 0 Å². The van der Waals surface area contributed by atoms with E-state index in [1.165, 1.54) is 11.6 Å². The molecule has 2 aromatic rings. The normalized spacial score (nSPS) is 10.1. The Morgan fingerprint density at radius 2 is 1.75 bits per heavy atom. The molecule has 0 aliphatic rings. The van der Waals surface area contributed by atoms with Crippen LogP contribution in [0, 0.1) is 6.92 Å². The monoisotopic (exact) mass is 273 g/mol. The highest BCUT2D eigenvalue weighted by Gasteiger charge is 2.06. The molecule has 7 heteroatoms. The maximum absolute atomic E-state index is 11.8. The van der Waals surface area contributed by atoms with Crippen LogP contribution in [0.5, 0.6) is 0 Å². The van der Waals surface area contributed by atoms with Crippen molar-refractivity contribution in [2.24, 2.45) is 0 Å². The summed E-state index contributed by atoms with van der Waals surface area (Å²) in [5.41, 5.74) is 2.16. The van der Waals surface area contributed by atoms with Crippen LogP contribution in [0.25, 0.3) is 0 Å². The van der Waals surface area contributed by atoms with E-state index in [4.69, 9.17) is 0 Å². The topological polar surface area (TPSA) is 88.9 Å². The average molecular weight is 273 g/mol. The van der Waals surface area contributed by atoms with Gasteiger partial charge in [0.1, 0.15) is 6.54 Å². The molecule has 0 saturated carbocycles. The molecule has 1 aromatic carbocycles. The first-order valence-corrected chi connectivity index (χ1v) is 6.07. The summed E-state index contributed by atoms with van der Waals surface area (Å²) in [6.07, 6.45) is 1.59. The van der Waals surface area contributed by atoms with Crippen molar-refractivity contribution in [1.82, 2.24) is 15.0 Å². The molecule has 1 aromatic heterocycles. The molecule has 2 amide bonds. The fourth-order valence-corrected chi connectivity index (χ4v) is 1.64. The van der Waals surface area contributed by atoms with Crippen molar-refractivity contribution in [2.75, 3.05) is 10.6 Å². The average Bonchev–Trinajstić information content (AvgIpc) is 2.77. The molecule has 0 unspecified atom stereocenters. The summed E-state index contributed by atoms with van der Waals surface area (Å²) < 4.78 is 1.51. The van der Waals surface area contributed by atoms with Gasteiger partial charge in [-0.1, -0.05) is 5.21 Å². The number of nitrogens with one attached hydrogen (secondary N) is 2. The number of anilines is 2. The largest absolute Gasteiger partial charge is 0.326 e. The number of amides is 2. The smallest absolute Gasteiger partial charge is 0.246 e. The highest BCUT2D eigenvalue weighted by atomic mass is 16.2. The van der Waals surface area contributed by atoms with Crippen molar-refractivity contribution in [3.05, 3.63) is 36.2 Å². The SMILES string of the molecule is CC(=O)Nc1ccc(NC(=O)Cn2nncc2C)cc1. The number of aryl methyl sites for hydroxylation is 1. The number of carbonyl (C=O) groups is 2. The van der Waals surface area contributed by atoms with Gasteiger partial charge in [-0.15, -0.1) is 5.10 Å². The highest BCUT2D eigenvalue weighted by molar-refractivity contribution is 5.92. The minimum atomic E-state index is -0.189. The van der Waals surface area contributed by atoms with E-state index >= 15 is 0 Å². The van der Waals surface area contributed by atoms with Gasteiger partial charge in [0.25, 0.3) is 0 Å². The second kappa shape index (κ2) is 5.96. The molecule has 0 radical (unpaired) electrons. The van der Waals surface area contributed by atoms with Gasteiger partial charge in [0.05, 0.1) is 11.9 Å². The molecule has 0 spiro atoms. The predicted molar refractivity (Wildman–Crippen MR) is 74.1 cm³/mol. The molecule has 0 fully saturated rings. The molecule has 0 aliphatic carbocycles. The summed E-state index contributed by atoms with van der Waals surface area (Å²) in [4.78, 5) is 22.7. The van der Waals surface area contributed by atoms with Crippen LogP contribution in [-0.4, -0.2) is 26.8 Å². The third kappa shape index (κ3) is 3.64. The number of benzene rings is 1. The zero-order valence-corrected chi connectivity index (χ0v) is 11.3. The second-order valence-electron chi connectivity index (χ2n) is 4.34. The van der Waals surface area contributed by atoms with E-state index in [1.807, 2.05) is 6.92 Å². The minimum Gasteiger partial charge on any atom is -0.326 e. The van der Waals surface area contributed by atoms with Gasteiger partial charge in [-0.25, -0.2) is 4.68 Å². The summed E-state index contributed by atoms with van der Waals surface area (Å²) in [6.45, 7) is 3.38. The van der Waals surface area contributed by atoms with E-state index in [9.17, 15) is 9.59 Å². The van der Waals surface area contributed by atoms with Gasteiger partial charge < -0.3 is 10.6 Å². The van der Waals surface area contributed by atoms with Gasteiger partial charge in [0, 0.05) is 18.3 Å². The molecule has 0 bridgehead atoms. The molecule has 20 heavy (non-hydrogen) atoms. The molecular weight excluding hydrogens is 258 g/mol. The van der Waals surface area contributed by atoms with E-state index in [1.54, 1.807) is 30.5 Å². The number of hydrogen-bond acceptors (Lipinski definition) is 4. The lowest BCUT2D eigenvalue weighted by Gasteiger charge is -2.07. The van der Waals surface area contributed by atoms with E-state index in [0.29, 0.717) is 11.4 Å². The summed E-state index contributed by atoms with van der Waals surface area (Å²) in [5, 5.41) is 12.9. The first-order valence-electron chi connectivity index (χ1n) is 6.07. The van der Waals surface area contributed by atoms with Crippen molar-refractivity contribution in [2.45, 2.75) is 20.4 Å². The quantitative estimate of drug-likeness (QED) is 0.875. The van der Waals surface area contributed by atoms with E-state index in [-0.39, 0.29) is 18.4 Å². The van der Waals surface area contributed by atoms with Crippen LogP contribution < -0.4 is 10.6 Å². The zero-order valence-electron chi connectivity index (χ0n) is 11.3. The Bertz CT molecular complexity index is 618. The van der Waals surface area contributed by atoms with E-state index in [2.05, 4.69) is 20.9 Å². The Morgan fingerprint density at radius 1 is 1.15 bits per heavy atom. The van der Waals surface area contributed by atoms with Gasteiger partial charge in [-0.3, -0.25) is 9.59 Å². The van der Waals surface area contributed by atoms with Crippen LogP contribution in [0.4, 0.5) is 11.4 Å². The molecular formula is C13H15N5O2. The number of carbonyl (C=O) groups excluding carboxylic acids is 2. The molecule has 0 saturated heterocycles. The summed E-state index contributed by atoms with van der Waals surface area (Å²) >= 11 is 0. The lowest BCUT2D eigenvalue weighted by Crippen LogP contribution is -2.20. The van der Waals surface area contributed by atoms with Crippen LogP contribution in [0.2, 0.25) is 0 Å². The number of nitrogens with zero attached hydrogens (tertiary/aromatic N) is 3. The van der Waals surface area contributed by atoms with Gasteiger partial charge in [0.15, 0.2) is 0 Å². The Hall–Kier alpha value is -2.70. The van der Waals surface area contributed by atoms with Crippen LogP contribution in [-0.2, 0) is 16.1 Å². The fraction of sp³-hybridized carbons (Fsp3) is 0.231. The zero-order chi connectivity index (χ0) is 14.5. The number of aromatic nitrogens is 3. The molecule has 0 atom stereocenters. The highest BCUT2D eigenvalue weighted by Crippen LogP contribution is 2.13. The first kappa shape index (κ1) is 13.7. The minimum absolute atomic E-state index is 0.110. The molecule has 7 nitrogen and oxygen atoms in total. The Kier molecular flexibility index (Phi) is 4.09. The van der Waals surface area contributed by atoms with Gasteiger partial charge in [-0.05, 0) is 31.2 Å². The number of hydrogen-bond donors (Lipinski definition) is 2. The van der Waals surface area contributed by atoms with E-state index in [0.717, 1.165) is 5.69 Å². The Morgan fingerprint density at radius 3 is 2.25 bits per heavy atom. The standard InChI is InChI=1S/C13H15N5O2/c1-9-7-14-17-18(9)8-13(20)16-12-5-3-11(4-6-12)15-10(2)19/h3-7H,8H2,1-2H3,(H,15,19)(H,16,20). The van der Waals surface area contributed by atoms with Crippen LogP contribution in [0.1, 0.15) is 12.6 Å². The molecule has 1 heterocycles. The van der Waals surface area contributed by atoms with Gasteiger partial charge >= 0.3 is 0 Å². The Balaban J connectivity index is 1.94. The van der Waals surface area contributed by atoms with Crippen molar-refractivity contribution < 1.29 is 9.59 Å². The summed E-state index contributed by atoms with van der Waals surface area (Å²) in [6, 6.07) is 6.88. The van der Waals surface area contributed by atoms with Crippen molar-refractivity contribution in [1.29, 1.82) is 0 Å². The van der Waals surface area contributed by atoms with Crippen LogP contribution >= 0.6 is 0 Å². The summed E-state index contributed by atoms with van der Waals surface area (Å²) in [7, 11) is 0. The van der Waals surface area contributed by atoms with E-state index < -0.39 is 0 Å². The molecule has 0 aliphatic heterocycles. The van der Waals surface area contributed by atoms with Crippen molar-refractivity contribution in [3.63, 3.8) is 0 Å².